The zero-order valence-corrected chi connectivity index (χ0v) is 12.8. The molecule has 1 heterocycles. The highest BCUT2D eigenvalue weighted by Gasteiger charge is 2.25. The number of anilines is 1. The van der Waals surface area contributed by atoms with E-state index < -0.39 is 0 Å². The van der Waals surface area contributed by atoms with Crippen LogP contribution in [0.15, 0.2) is 24.3 Å². The van der Waals surface area contributed by atoms with Gasteiger partial charge in [0, 0.05) is 24.3 Å². The second kappa shape index (κ2) is 6.83. The molecule has 0 radical (unpaired) electrons. The Morgan fingerprint density at radius 3 is 2.57 bits per heavy atom. The van der Waals surface area contributed by atoms with Gasteiger partial charge in [-0.05, 0) is 45.0 Å². The van der Waals surface area contributed by atoms with Gasteiger partial charge in [-0.1, -0.05) is 0 Å². The van der Waals surface area contributed by atoms with E-state index in [2.05, 4.69) is 10.2 Å². The van der Waals surface area contributed by atoms with Crippen molar-refractivity contribution in [1.29, 1.82) is 0 Å². The Morgan fingerprint density at radius 1 is 1.33 bits per heavy atom. The highest BCUT2D eigenvalue weighted by atomic mass is 16.5. The van der Waals surface area contributed by atoms with Crippen molar-refractivity contribution in [3.05, 3.63) is 29.8 Å². The molecule has 5 heteroatoms. The molecule has 1 aromatic carbocycles. The van der Waals surface area contributed by atoms with Crippen LogP contribution in [0, 0.1) is 0 Å². The summed E-state index contributed by atoms with van der Waals surface area (Å²) in [5, 5.41) is 2.89. The second-order valence-electron chi connectivity index (χ2n) is 5.48. The van der Waals surface area contributed by atoms with Crippen LogP contribution in [-0.4, -0.2) is 48.4 Å². The molecule has 2 atom stereocenters. The maximum absolute atomic E-state index is 12.3. The summed E-state index contributed by atoms with van der Waals surface area (Å²) >= 11 is 0. The van der Waals surface area contributed by atoms with Crippen molar-refractivity contribution in [3.63, 3.8) is 0 Å². The van der Waals surface area contributed by atoms with Gasteiger partial charge in [0.15, 0.2) is 5.78 Å². The summed E-state index contributed by atoms with van der Waals surface area (Å²) in [6.45, 7) is 7.62. The number of nitrogens with one attached hydrogen (secondary N) is 1. The third-order valence-electron chi connectivity index (χ3n) is 3.76. The monoisotopic (exact) mass is 290 g/mol. The number of nitrogens with zero attached hydrogens (tertiary/aromatic N) is 1. The molecule has 0 aliphatic carbocycles. The summed E-state index contributed by atoms with van der Waals surface area (Å²) in [7, 11) is 0. The molecular formula is C16H22N2O3. The van der Waals surface area contributed by atoms with Gasteiger partial charge in [-0.15, -0.1) is 0 Å². The number of Topliss-reactive ketones (excluding diaryl/α,β-unsaturated/α-hetero) is 1. The molecule has 21 heavy (non-hydrogen) atoms. The number of benzene rings is 1. The smallest absolute Gasteiger partial charge is 0.241 e. The molecule has 0 unspecified atom stereocenters. The maximum Gasteiger partial charge on any atom is 0.241 e. The first-order chi connectivity index (χ1) is 9.97. The van der Waals surface area contributed by atoms with Gasteiger partial charge in [0.2, 0.25) is 5.91 Å². The molecule has 1 aromatic rings. The lowest BCUT2D eigenvalue weighted by Gasteiger charge is -2.34. The Morgan fingerprint density at radius 2 is 2.00 bits per heavy atom. The fraction of sp³-hybridized carbons (Fsp3) is 0.500. The standard InChI is InChI=1S/C16H22N2O3/c1-11-10-18(8-9-21-11)12(2)16(20)17-15-6-4-14(5-7-15)13(3)19/h4-7,11-12H,8-10H2,1-3H3,(H,17,20)/t11-,12-/m1/s1. The van der Waals surface area contributed by atoms with Gasteiger partial charge in [0.05, 0.1) is 18.8 Å². The van der Waals surface area contributed by atoms with E-state index in [-0.39, 0.29) is 23.8 Å². The molecule has 1 aliphatic heterocycles. The largest absolute Gasteiger partial charge is 0.376 e. The second-order valence-corrected chi connectivity index (χ2v) is 5.48. The van der Waals surface area contributed by atoms with Crippen LogP contribution in [0.3, 0.4) is 0 Å². The van der Waals surface area contributed by atoms with E-state index in [1.165, 1.54) is 6.92 Å². The van der Waals surface area contributed by atoms with E-state index in [1.807, 2.05) is 13.8 Å². The molecule has 1 aliphatic rings. The van der Waals surface area contributed by atoms with Crippen molar-refractivity contribution in [2.45, 2.75) is 32.9 Å². The van der Waals surface area contributed by atoms with Crippen LogP contribution in [0.25, 0.3) is 0 Å². The third-order valence-corrected chi connectivity index (χ3v) is 3.76. The summed E-state index contributed by atoms with van der Waals surface area (Å²) in [5.41, 5.74) is 1.35. The highest BCUT2D eigenvalue weighted by Crippen LogP contribution is 2.13. The van der Waals surface area contributed by atoms with Crippen molar-refractivity contribution in [2.75, 3.05) is 25.0 Å². The average Bonchev–Trinajstić information content (AvgIpc) is 2.47. The molecule has 1 amide bonds. The zero-order valence-electron chi connectivity index (χ0n) is 12.8. The fourth-order valence-corrected chi connectivity index (χ4v) is 2.40. The van der Waals surface area contributed by atoms with Crippen molar-refractivity contribution in [3.8, 4) is 0 Å². The van der Waals surface area contributed by atoms with Crippen LogP contribution in [0.2, 0.25) is 0 Å². The van der Waals surface area contributed by atoms with E-state index >= 15 is 0 Å². The van der Waals surface area contributed by atoms with E-state index in [4.69, 9.17) is 4.74 Å². The summed E-state index contributed by atoms with van der Waals surface area (Å²) in [5.74, 6) is -0.0248. The first kappa shape index (κ1) is 15.7. The number of carbonyl (C=O) groups excluding carboxylic acids is 2. The van der Waals surface area contributed by atoms with Crippen molar-refractivity contribution in [1.82, 2.24) is 4.90 Å². The summed E-state index contributed by atoms with van der Waals surface area (Å²) in [4.78, 5) is 25.6. The number of hydrogen-bond donors (Lipinski definition) is 1. The van der Waals surface area contributed by atoms with Gasteiger partial charge in [-0.2, -0.15) is 0 Å². The Hall–Kier alpha value is -1.72. The maximum atomic E-state index is 12.3. The minimum Gasteiger partial charge on any atom is -0.376 e. The normalized spacial score (nSPS) is 20.8. The van der Waals surface area contributed by atoms with E-state index in [0.717, 1.165) is 13.1 Å². The average molecular weight is 290 g/mol. The van der Waals surface area contributed by atoms with Crippen LogP contribution >= 0.6 is 0 Å². The molecule has 114 valence electrons. The van der Waals surface area contributed by atoms with E-state index in [0.29, 0.717) is 17.9 Å². The van der Waals surface area contributed by atoms with Crippen LogP contribution in [0.5, 0.6) is 0 Å². The molecule has 0 aromatic heterocycles. The SMILES string of the molecule is CC(=O)c1ccc(NC(=O)[C@@H](C)N2CCO[C@H](C)C2)cc1. The van der Waals surface area contributed by atoms with Gasteiger partial charge in [-0.25, -0.2) is 0 Å². The Bertz CT molecular complexity index is 513. The molecule has 0 bridgehead atoms. The number of rotatable bonds is 4. The number of ether oxygens (including phenoxy) is 1. The Balaban J connectivity index is 1.95. The van der Waals surface area contributed by atoms with Crippen molar-refractivity contribution in [2.24, 2.45) is 0 Å². The first-order valence-corrected chi connectivity index (χ1v) is 7.25. The number of morpholine rings is 1. The number of amides is 1. The quantitative estimate of drug-likeness (QED) is 0.861. The molecule has 1 N–H and O–H groups in total. The highest BCUT2D eigenvalue weighted by molar-refractivity contribution is 5.96. The minimum absolute atomic E-state index is 0.0172. The van der Waals surface area contributed by atoms with Gasteiger partial charge < -0.3 is 10.1 Å². The number of hydrogen-bond acceptors (Lipinski definition) is 4. The zero-order chi connectivity index (χ0) is 15.4. The summed E-state index contributed by atoms with van der Waals surface area (Å²) in [6, 6.07) is 6.75. The molecular weight excluding hydrogens is 268 g/mol. The first-order valence-electron chi connectivity index (χ1n) is 7.25. The molecule has 2 rings (SSSR count). The van der Waals surface area contributed by atoms with E-state index in [1.54, 1.807) is 24.3 Å². The fourth-order valence-electron chi connectivity index (χ4n) is 2.40. The predicted molar refractivity (Wildman–Crippen MR) is 81.5 cm³/mol. The third kappa shape index (κ3) is 4.12. The Kier molecular flexibility index (Phi) is 5.09. The predicted octanol–water partition coefficient (Wildman–Crippen LogP) is 1.94. The lowest BCUT2D eigenvalue weighted by Crippen LogP contribution is -2.50. The topological polar surface area (TPSA) is 58.6 Å². The van der Waals surface area contributed by atoms with Crippen LogP contribution in [0.1, 0.15) is 31.1 Å². The van der Waals surface area contributed by atoms with Gasteiger partial charge in [-0.3, -0.25) is 14.5 Å². The van der Waals surface area contributed by atoms with Gasteiger partial charge in [0.1, 0.15) is 0 Å². The van der Waals surface area contributed by atoms with Crippen molar-refractivity contribution >= 4 is 17.4 Å². The molecule has 5 nitrogen and oxygen atoms in total. The summed E-state index contributed by atoms with van der Waals surface area (Å²) in [6.07, 6.45) is 0.156. The van der Waals surface area contributed by atoms with Gasteiger partial charge >= 0.3 is 0 Å². The molecule has 1 saturated heterocycles. The lowest BCUT2D eigenvalue weighted by atomic mass is 10.1. The number of ketones is 1. The lowest BCUT2D eigenvalue weighted by molar-refractivity contribution is -0.123. The summed E-state index contributed by atoms with van der Waals surface area (Å²) < 4.78 is 5.49. The van der Waals surface area contributed by atoms with Crippen LogP contribution in [0.4, 0.5) is 5.69 Å². The minimum atomic E-state index is -0.205. The molecule has 1 fully saturated rings. The van der Waals surface area contributed by atoms with Gasteiger partial charge in [0.25, 0.3) is 0 Å². The number of carbonyl (C=O) groups is 2. The molecule has 0 saturated carbocycles. The van der Waals surface area contributed by atoms with Crippen LogP contribution in [-0.2, 0) is 9.53 Å². The van der Waals surface area contributed by atoms with E-state index in [9.17, 15) is 9.59 Å². The van der Waals surface area contributed by atoms with Crippen LogP contribution < -0.4 is 5.32 Å². The Labute approximate surface area is 125 Å². The molecule has 0 spiro atoms. The van der Waals surface area contributed by atoms with Crippen molar-refractivity contribution < 1.29 is 14.3 Å².